The second kappa shape index (κ2) is 8.55. The SMILES string of the molecule is CC(Nc1ccc(OCCNC(=O)OC(C)(C)C)cc1)C(F)F. The molecule has 1 atom stereocenters. The number of hydrogen-bond acceptors (Lipinski definition) is 4. The summed E-state index contributed by atoms with van der Waals surface area (Å²) in [6, 6.07) is 5.76. The number of carbonyl (C=O) groups is 1. The Balaban J connectivity index is 2.29. The average Bonchev–Trinajstić information content (AvgIpc) is 2.43. The second-order valence-corrected chi connectivity index (χ2v) is 6.07. The second-order valence-electron chi connectivity index (χ2n) is 6.07. The van der Waals surface area contributed by atoms with E-state index in [0.717, 1.165) is 0 Å². The van der Waals surface area contributed by atoms with E-state index in [-0.39, 0.29) is 6.61 Å². The van der Waals surface area contributed by atoms with Crippen LogP contribution < -0.4 is 15.4 Å². The minimum atomic E-state index is -2.43. The molecule has 0 bridgehead atoms. The largest absolute Gasteiger partial charge is 0.492 e. The molecule has 5 nitrogen and oxygen atoms in total. The number of rotatable bonds is 7. The number of nitrogens with one attached hydrogen (secondary N) is 2. The van der Waals surface area contributed by atoms with Crippen LogP contribution in [-0.2, 0) is 4.74 Å². The molecule has 7 heteroatoms. The molecule has 23 heavy (non-hydrogen) atoms. The maximum Gasteiger partial charge on any atom is 0.407 e. The minimum Gasteiger partial charge on any atom is -0.492 e. The molecule has 0 radical (unpaired) electrons. The van der Waals surface area contributed by atoms with Crippen LogP contribution in [0.25, 0.3) is 0 Å². The standard InChI is InChI=1S/C16H24F2N2O3/c1-11(14(17)18)20-12-5-7-13(8-6-12)22-10-9-19-15(21)23-16(2,3)4/h5-8,11,14,20H,9-10H2,1-4H3,(H,19,21). The summed E-state index contributed by atoms with van der Waals surface area (Å²) in [6.45, 7) is 7.35. The van der Waals surface area contributed by atoms with Gasteiger partial charge in [-0.15, -0.1) is 0 Å². The van der Waals surface area contributed by atoms with Crippen molar-refractivity contribution in [1.82, 2.24) is 5.32 Å². The first-order valence-corrected chi connectivity index (χ1v) is 7.42. The van der Waals surface area contributed by atoms with Crippen LogP contribution in [0.3, 0.4) is 0 Å². The van der Waals surface area contributed by atoms with Gasteiger partial charge in [0.05, 0.1) is 12.6 Å². The highest BCUT2D eigenvalue weighted by molar-refractivity contribution is 5.67. The lowest BCUT2D eigenvalue weighted by Crippen LogP contribution is -2.34. The lowest BCUT2D eigenvalue weighted by molar-refractivity contribution is 0.0520. The molecule has 1 aromatic rings. The van der Waals surface area contributed by atoms with Gasteiger partial charge in [0.2, 0.25) is 0 Å². The molecule has 0 saturated heterocycles. The van der Waals surface area contributed by atoms with Crippen molar-refractivity contribution >= 4 is 11.8 Å². The zero-order valence-electron chi connectivity index (χ0n) is 13.9. The first kappa shape index (κ1) is 19.0. The number of carbonyl (C=O) groups excluding carboxylic acids is 1. The van der Waals surface area contributed by atoms with Gasteiger partial charge in [0.25, 0.3) is 6.43 Å². The molecule has 0 saturated carbocycles. The van der Waals surface area contributed by atoms with E-state index in [1.165, 1.54) is 6.92 Å². The summed E-state index contributed by atoms with van der Waals surface area (Å²) in [5, 5.41) is 5.27. The van der Waals surface area contributed by atoms with Gasteiger partial charge in [-0.05, 0) is 52.0 Å². The van der Waals surface area contributed by atoms with Gasteiger partial charge in [-0.2, -0.15) is 0 Å². The summed E-state index contributed by atoms with van der Waals surface area (Å²) in [7, 11) is 0. The van der Waals surface area contributed by atoms with Crippen LogP contribution in [0.5, 0.6) is 5.75 Å². The van der Waals surface area contributed by atoms with Gasteiger partial charge in [0.15, 0.2) is 0 Å². The van der Waals surface area contributed by atoms with E-state index in [1.807, 2.05) is 0 Å². The van der Waals surface area contributed by atoms with E-state index in [2.05, 4.69) is 10.6 Å². The Labute approximate surface area is 135 Å². The van der Waals surface area contributed by atoms with Gasteiger partial charge in [0, 0.05) is 5.69 Å². The monoisotopic (exact) mass is 330 g/mol. The van der Waals surface area contributed by atoms with Crippen LogP contribution in [0.2, 0.25) is 0 Å². The molecule has 2 N–H and O–H groups in total. The number of hydrogen-bond donors (Lipinski definition) is 2. The minimum absolute atomic E-state index is 0.277. The van der Waals surface area contributed by atoms with Crippen molar-refractivity contribution in [2.24, 2.45) is 0 Å². The molecule has 0 aliphatic heterocycles. The molecule has 1 amide bonds. The van der Waals surface area contributed by atoms with Crippen LogP contribution >= 0.6 is 0 Å². The molecule has 0 aliphatic carbocycles. The third kappa shape index (κ3) is 8.23. The smallest absolute Gasteiger partial charge is 0.407 e. The van der Waals surface area contributed by atoms with E-state index in [1.54, 1.807) is 45.0 Å². The van der Waals surface area contributed by atoms with E-state index in [4.69, 9.17) is 9.47 Å². The summed E-state index contributed by atoms with van der Waals surface area (Å²) in [5.74, 6) is 0.589. The molecule has 0 aliphatic rings. The van der Waals surface area contributed by atoms with E-state index in [0.29, 0.717) is 18.0 Å². The fourth-order valence-electron chi connectivity index (χ4n) is 1.61. The van der Waals surface area contributed by atoms with Crippen molar-refractivity contribution in [3.8, 4) is 5.75 Å². The van der Waals surface area contributed by atoms with Crippen molar-refractivity contribution in [2.75, 3.05) is 18.5 Å². The zero-order valence-corrected chi connectivity index (χ0v) is 13.9. The van der Waals surface area contributed by atoms with Crippen LogP contribution in [-0.4, -0.2) is 37.3 Å². The normalized spacial score (nSPS) is 12.7. The van der Waals surface area contributed by atoms with Crippen molar-refractivity contribution in [2.45, 2.75) is 45.8 Å². The Morgan fingerprint density at radius 3 is 2.35 bits per heavy atom. The topological polar surface area (TPSA) is 59.6 Å². The maximum absolute atomic E-state index is 12.4. The number of halogens is 2. The molecular weight excluding hydrogens is 306 g/mol. The molecule has 1 unspecified atom stereocenters. The summed E-state index contributed by atoms with van der Waals surface area (Å²) in [4.78, 5) is 11.4. The van der Waals surface area contributed by atoms with Gasteiger partial charge in [0.1, 0.15) is 18.0 Å². The van der Waals surface area contributed by atoms with Crippen molar-refractivity contribution in [1.29, 1.82) is 0 Å². The van der Waals surface area contributed by atoms with Crippen molar-refractivity contribution in [3.05, 3.63) is 24.3 Å². The molecule has 0 heterocycles. The average molecular weight is 330 g/mol. The third-order valence-corrected chi connectivity index (χ3v) is 2.67. The van der Waals surface area contributed by atoms with Crippen LogP contribution in [0.4, 0.5) is 19.3 Å². The molecular formula is C16H24F2N2O3. The summed E-state index contributed by atoms with van der Waals surface area (Å²) in [5.41, 5.74) is 0.0559. The maximum atomic E-state index is 12.4. The highest BCUT2D eigenvalue weighted by Gasteiger charge is 2.15. The number of anilines is 1. The number of ether oxygens (including phenoxy) is 2. The van der Waals surface area contributed by atoms with Gasteiger partial charge in [-0.1, -0.05) is 0 Å². The Bertz CT molecular complexity index is 487. The lowest BCUT2D eigenvalue weighted by Gasteiger charge is -2.19. The molecule has 1 aromatic carbocycles. The Morgan fingerprint density at radius 2 is 1.83 bits per heavy atom. The van der Waals surface area contributed by atoms with Gasteiger partial charge >= 0.3 is 6.09 Å². The molecule has 0 aromatic heterocycles. The summed E-state index contributed by atoms with van der Waals surface area (Å²) < 4.78 is 35.4. The number of alkyl carbamates (subject to hydrolysis) is 1. The summed E-state index contributed by atoms with van der Waals surface area (Å²) in [6.07, 6.45) is -2.92. The highest BCUT2D eigenvalue weighted by atomic mass is 19.3. The van der Waals surface area contributed by atoms with Crippen LogP contribution in [0, 0.1) is 0 Å². The predicted molar refractivity (Wildman–Crippen MR) is 85.3 cm³/mol. The van der Waals surface area contributed by atoms with Crippen LogP contribution in [0.15, 0.2) is 24.3 Å². The first-order chi connectivity index (χ1) is 10.7. The third-order valence-electron chi connectivity index (χ3n) is 2.67. The molecule has 0 fully saturated rings. The van der Waals surface area contributed by atoms with Crippen LogP contribution in [0.1, 0.15) is 27.7 Å². The fourth-order valence-corrected chi connectivity index (χ4v) is 1.61. The van der Waals surface area contributed by atoms with Gasteiger partial charge < -0.3 is 20.1 Å². The van der Waals surface area contributed by atoms with E-state index < -0.39 is 24.2 Å². The quantitative estimate of drug-likeness (QED) is 0.749. The zero-order chi connectivity index (χ0) is 17.5. The van der Waals surface area contributed by atoms with Gasteiger partial charge in [-0.25, -0.2) is 13.6 Å². The Hall–Kier alpha value is -2.05. The van der Waals surface area contributed by atoms with E-state index >= 15 is 0 Å². The fraction of sp³-hybridized carbons (Fsp3) is 0.562. The Morgan fingerprint density at radius 1 is 1.22 bits per heavy atom. The van der Waals surface area contributed by atoms with Crippen molar-refractivity contribution in [3.63, 3.8) is 0 Å². The lowest BCUT2D eigenvalue weighted by atomic mass is 10.2. The van der Waals surface area contributed by atoms with Crippen molar-refractivity contribution < 1.29 is 23.0 Å². The Kier molecular flexibility index (Phi) is 7.06. The number of alkyl halides is 2. The van der Waals surface area contributed by atoms with Gasteiger partial charge in [-0.3, -0.25) is 0 Å². The van der Waals surface area contributed by atoms with E-state index in [9.17, 15) is 13.6 Å². The summed E-state index contributed by atoms with van der Waals surface area (Å²) >= 11 is 0. The molecule has 130 valence electrons. The molecule has 0 spiro atoms. The first-order valence-electron chi connectivity index (χ1n) is 7.42. The predicted octanol–water partition coefficient (Wildman–Crippen LogP) is 3.66. The number of amides is 1. The highest BCUT2D eigenvalue weighted by Crippen LogP contribution is 2.17. The number of benzene rings is 1. The molecule has 1 rings (SSSR count).